The van der Waals surface area contributed by atoms with Gasteiger partial charge in [-0.2, -0.15) is 0 Å². The number of hydrogen-bond acceptors (Lipinski definition) is 4. The average molecular weight is 451 g/mol. The van der Waals surface area contributed by atoms with Crippen LogP contribution >= 0.6 is 7.82 Å². The molecule has 0 spiro atoms. The Morgan fingerprint density at radius 1 is 0.933 bits per heavy atom. The van der Waals surface area contributed by atoms with Gasteiger partial charge in [-0.25, -0.2) is 9.36 Å². The first-order valence-corrected chi connectivity index (χ1v) is 13.0. The van der Waals surface area contributed by atoms with E-state index in [-0.39, 0.29) is 18.6 Å². The maximum Gasteiger partial charge on any atom is 0.469 e. The van der Waals surface area contributed by atoms with Crippen LogP contribution in [0.5, 0.6) is 0 Å². The Morgan fingerprint density at radius 2 is 1.43 bits per heavy atom. The van der Waals surface area contributed by atoms with Crippen LogP contribution in [-0.4, -0.2) is 59.1 Å². The van der Waals surface area contributed by atoms with Crippen molar-refractivity contribution in [3.63, 3.8) is 0 Å². The molecule has 0 aromatic carbocycles. The molecule has 0 aromatic rings. The summed E-state index contributed by atoms with van der Waals surface area (Å²) < 4.78 is 22.2. The van der Waals surface area contributed by atoms with Crippen molar-refractivity contribution in [2.45, 2.75) is 91.5 Å². The molecule has 0 aliphatic heterocycles. The highest BCUT2D eigenvalue weighted by Gasteiger charge is 2.35. The Labute approximate surface area is 183 Å². The predicted octanol–water partition coefficient (Wildman–Crippen LogP) is 4.97. The lowest BCUT2D eigenvalue weighted by molar-refractivity contribution is -0.952. The summed E-state index contributed by atoms with van der Waals surface area (Å²) in [5, 5.41) is 0. The van der Waals surface area contributed by atoms with Gasteiger partial charge in [0.05, 0.1) is 38.9 Å². The molecule has 30 heavy (non-hydrogen) atoms. The highest BCUT2D eigenvalue weighted by Crippen LogP contribution is 2.36. The first-order chi connectivity index (χ1) is 14.1. The normalized spacial score (nSPS) is 13.3. The van der Waals surface area contributed by atoms with Gasteiger partial charge in [0.25, 0.3) is 0 Å². The third kappa shape index (κ3) is 12.9. The molecule has 0 aromatic heterocycles. The number of nitrogens with zero attached hydrogens (tertiary/aromatic N) is 1. The summed E-state index contributed by atoms with van der Waals surface area (Å²) in [7, 11) is -4.48. The van der Waals surface area contributed by atoms with Gasteiger partial charge in [-0.15, -0.1) is 0 Å². The summed E-state index contributed by atoms with van der Waals surface area (Å²) in [5.74, 6) is -0.375. The van der Waals surface area contributed by atoms with Crippen molar-refractivity contribution >= 4 is 13.8 Å². The van der Waals surface area contributed by atoms with E-state index in [1.807, 2.05) is 0 Å². The summed E-state index contributed by atoms with van der Waals surface area (Å²) in [6, 6.07) is 0.213. The van der Waals surface area contributed by atoms with E-state index in [0.717, 1.165) is 69.1 Å². The molecule has 1 atom stereocenters. The molecule has 178 valence electrons. The number of unbranched alkanes of at least 4 members (excludes halogenated alkanes) is 3. The molecule has 1 unspecified atom stereocenters. The number of ether oxygens (including phenoxy) is 1. The number of rotatable bonds is 19. The number of carbonyl (C=O) groups excluding carboxylic acids is 1. The van der Waals surface area contributed by atoms with Gasteiger partial charge in [0.1, 0.15) is 0 Å². The first-order valence-electron chi connectivity index (χ1n) is 11.5. The van der Waals surface area contributed by atoms with Crippen LogP contribution in [0.3, 0.4) is 0 Å². The third-order valence-corrected chi connectivity index (χ3v) is 6.14. The lowest BCUT2D eigenvalue weighted by atomic mass is 9.99. The van der Waals surface area contributed by atoms with Crippen molar-refractivity contribution < 1.29 is 32.9 Å². The van der Waals surface area contributed by atoms with Crippen molar-refractivity contribution in [1.29, 1.82) is 0 Å². The fourth-order valence-corrected chi connectivity index (χ4v) is 4.25. The van der Waals surface area contributed by atoms with E-state index in [0.29, 0.717) is 25.0 Å². The molecule has 0 amide bonds. The molecule has 0 aliphatic carbocycles. The number of phosphoric ester groups is 1. The van der Waals surface area contributed by atoms with Crippen molar-refractivity contribution in [2.75, 3.05) is 32.8 Å². The molecule has 8 heteroatoms. The van der Waals surface area contributed by atoms with Gasteiger partial charge in [-0.3, -0.25) is 4.52 Å². The number of esters is 1. The highest BCUT2D eigenvalue weighted by molar-refractivity contribution is 7.46. The molecule has 0 saturated carbocycles. The van der Waals surface area contributed by atoms with Crippen molar-refractivity contribution in [3.05, 3.63) is 12.2 Å². The summed E-state index contributed by atoms with van der Waals surface area (Å²) >= 11 is 0. The van der Waals surface area contributed by atoms with E-state index < -0.39 is 7.82 Å². The van der Waals surface area contributed by atoms with Crippen LogP contribution in [-0.2, 0) is 18.6 Å². The second kappa shape index (κ2) is 16.0. The lowest BCUT2D eigenvalue weighted by Crippen LogP contribution is -2.57. The minimum atomic E-state index is -4.48. The van der Waals surface area contributed by atoms with Crippen molar-refractivity contribution in [1.82, 2.24) is 0 Å². The summed E-state index contributed by atoms with van der Waals surface area (Å²) in [6.45, 7) is 15.3. The molecule has 0 saturated heterocycles. The van der Waals surface area contributed by atoms with Gasteiger partial charge in [0.2, 0.25) is 0 Å². The molecule has 0 aliphatic rings. The summed E-state index contributed by atoms with van der Waals surface area (Å²) in [6.07, 6.45) is 8.81. The van der Waals surface area contributed by atoms with E-state index in [9.17, 15) is 9.36 Å². The largest absolute Gasteiger partial charge is 0.469 e. The van der Waals surface area contributed by atoms with Gasteiger partial charge in [0, 0.05) is 18.4 Å². The van der Waals surface area contributed by atoms with Gasteiger partial charge in [0.15, 0.2) is 0 Å². The number of quaternary nitrogens is 1. The molecule has 2 N–H and O–H groups in total. The molecule has 0 rings (SSSR count). The van der Waals surface area contributed by atoms with Crippen molar-refractivity contribution in [3.8, 4) is 0 Å². The molecule has 7 nitrogen and oxygen atoms in total. The third-order valence-electron chi connectivity index (χ3n) is 5.62. The Morgan fingerprint density at radius 3 is 1.83 bits per heavy atom. The molecule has 0 radical (unpaired) electrons. The van der Waals surface area contributed by atoms with Crippen LogP contribution in [0.4, 0.5) is 0 Å². The maximum absolute atomic E-state index is 11.7. The minimum absolute atomic E-state index is 0.0326. The molecule has 0 heterocycles. The van der Waals surface area contributed by atoms with E-state index in [2.05, 4.69) is 27.4 Å². The smallest absolute Gasteiger partial charge is 0.462 e. The zero-order valence-electron chi connectivity index (χ0n) is 19.6. The molecular weight excluding hydrogens is 405 g/mol. The Kier molecular flexibility index (Phi) is 15.6. The minimum Gasteiger partial charge on any atom is -0.462 e. The van der Waals surface area contributed by atoms with Gasteiger partial charge < -0.3 is 19.0 Å². The van der Waals surface area contributed by atoms with Crippen LogP contribution in [0.2, 0.25) is 0 Å². The maximum atomic E-state index is 11.7. The van der Waals surface area contributed by atoms with E-state index in [1.54, 1.807) is 6.92 Å². The van der Waals surface area contributed by atoms with E-state index in [4.69, 9.17) is 19.0 Å². The van der Waals surface area contributed by atoms with Crippen LogP contribution in [0.25, 0.3) is 0 Å². The Balaban J connectivity index is 5.40. The zero-order chi connectivity index (χ0) is 23.0. The van der Waals surface area contributed by atoms with Gasteiger partial charge in [-0.1, -0.05) is 46.6 Å². The van der Waals surface area contributed by atoms with Crippen LogP contribution in [0.15, 0.2) is 12.2 Å². The lowest BCUT2D eigenvalue weighted by Gasteiger charge is -2.46. The SMILES string of the molecule is C=C(C)C(=O)OCCCC(CCOP(=O)(O)O)[N+](CCCC)(CCCC)CCCC. The fourth-order valence-electron chi connectivity index (χ4n) is 3.91. The predicted molar refractivity (Wildman–Crippen MR) is 121 cm³/mol. The molecular formula is C22H45NO6P+. The Hall–Kier alpha value is -0.720. The quantitative estimate of drug-likeness (QED) is 0.0949. The zero-order valence-corrected chi connectivity index (χ0v) is 20.5. The summed E-state index contributed by atoms with van der Waals surface area (Å²) in [5.41, 5.74) is 0.389. The molecule has 0 fully saturated rings. The number of carbonyl (C=O) groups is 1. The van der Waals surface area contributed by atoms with Crippen molar-refractivity contribution in [2.24, 2.45) is 0 Å². The second-order valence-electron chi connectivity index (χ2n) is 8.27. The Bertz CT molecular complexity index is 512. The molecule has 0 bridgehead atoms. The number of phosphoric acid groups is 1. The standard InChI is InChI=1S/C22H44NO6P/c1-6-9-15-23(16-10-7-2,17-11-8-3)21(14-19-29-30(25,26)27)13-12-18-28-22(24)20(4)5/h21H,4,6-19H2,1-3,5H3,(H-,25,26,27)/p+1. The van der Waals surface area contributed by atoms with E-state index in [1.165, 1.54) is 0 Å². The monoisotopic (exact) mass is 450 g/mol. The van der Waals surface area contributed by atoms with Crippen LogP contribution in [0, 0.1) is 0 Å². The first kappa shape index (κ1) is 29.3. The topological polar surface area (TPSA) is 93.1 Å². The second-order valence-corrected chi connectivity index (χ2v) is 9.51. The van der Waals surface area contributed by atoms with E-state index >= 15 is 0 Å². The van der Waals surface area contributed by atoms with Gasteiger partial charge >= 0.3 is 13.8 Å². The highest BCUT2D eigenvalue weighted by atomic mass is 31.2. The summed E-state index contributed by atoms with van der Waals surface area (Å²) in [4.78, 5) is 29.9. The van der Waals surface area contributed by atoms with Crippen LogP contribution < -0.4 is 0 Å². The fraction of sp³-hybridized carbons (Fsp3) is 0.864. The average Bonchev–Trinajstić information content (AvgIpc) is 2.68. The number of hydrogen-bond donors (Lipinski definition) is 2. The van der Waals surface area contributed by atoms with Crippen LogP contribution in [0.1, 0.15) is 85.5 Å². The van der Waals surface area contributed by atoms with Gasteiger partial charge in [-0.05, 0) is 32.6 Å².